The van der Waals surface area contributed by atoms with Crippen molar-refractivity contribution in [1.29, 1.82) is 0 Å². The first-order valence-corrected chi connectivity index (χ1v) is 9.32. The van der Waals surface area contributed by atoms with Crippen molar-refractivity contribution >= 4 is 17.2 Å². The van der Waals surface area contributed by atoms with Gasteiger partial charge in [0.25, 0.3) is 0 Å². The molecular formula is C17H21N3O3S. The fourth-order valence-corrected chi connectivity index (χ4v) is 3.92. The van der Waals surface area contributed by atoms with E-state index in [9.17, 15) is 4.79 Å². The van der Waals surface area contributed by atoms with Gasteiger partial charge >= 0.3 is 0 Å². The Morgan fingerprint density at radius 2 is 2.21 bits per heavy atom. The van der Waals surface area contributed by atoms with E-state index in [2.05, 4.69) is 9.97 Å². The smallest absolute Gasteiger partial charge is 0.228 e. The summed E-state index contributed by atoms with van der Waals surface area (Å²) >= 11 is 1.58. The van der Waals surface area contributed by atoms with Crippen LogP contribution in [0.1, 0.15) is 46.8 Å². The summed E-state index contributed by atoms with van der Waals surface area (Å²) in [6, 6.07) is 0. The molecular weight excluding hydrogens is 326 g/mol. The van der Waals surface area contributed by atoms with Crippen molar-refractivity contribution in [2.45, 2.75) is 45.1 Å². The predicted octanol–water partition coefficient (Wildman–Crippen LogP) is 2.46. The van der Waals surface area contributed by atoms with Crippen molar-refractivity contribution in [3.8, 4) is 0 Å². The maximum absolute atomic E-state index is 12.5. The first-order valence-electron chi connectivity index (χ1n) is 8.44. The van der Waals surface area contributed by atoms with Gasteiger partial charge in [-0.1, -0.05) is 0 Å². The second-order valence-electron chi connectivity index (χ2n) is 6.41. The third kappa shape index (κ3) is 3.23. The quantitative estimate of drug-likeness (QED) is 0.853. The summed E-state index contributed by atoms with van der Waals surface area (Å²) in [5, 5.41) is 2.96. The lowest BCUT2D eigenvalue weighted by atomic mass is 10.0. The van der Waals surface area contributed by atoms with Crippen LogP contribution in [0.15, 0.2) is 9.80 Å². The Kier molecular flexibility index (Phi) is 4.37. The maximum Gasteiger partial charge on any atom is 0.228 e. The number of nitrogens with zero attached hydrogens (tertiary/aromatic N) is 3. The van der Waals surface area contributed by atoms with Crippen LogP contribution in [0.3, 0.4) is 0 Å². The highest BCUT2D eigenvalue weighted by Gasteiger charge is 2.28. The van der Waals surface area contributed by atoms with Crippen molar-refractivity contribution in [2.75, 3.05) is 19.8 Å². The Labute approximate surface area is 144 Å². The third-order valence-corrected chi connectivity index (χ3v) is 5.49. The van der Waals surface area contributed by atoms with Gasteiger partial charge in [0.2, 0.25) is 5.91 Å². The topological polar surface area (TPSA) is 68.5 Å². The zero-order valence-electron chi connectivity index (χ0n) is 13.8. The molecule has 0 spiro atoms. The van der Waals surface area contributed by atoms with Gasteiger partial charge in [-0.05, 0) is 19.8 Å². The van der Waals surface area contributed by atoms with Gasteiger partial charge in [0.15, 0.2) is 5.89 Å². The molecule has 0 atom stereocenters. The average Bonchev–Trinajstić information content (AvgIpc) is 3.21. The second kappa shape index (κ2) is 6.64. The van der Waals surface area contributed by atoms with Crippen molar-refractivity contribution in [3.05, 3.63) is 33.4 Å². The lowest BCUT2D eigenvalue weighted by Gasteiger charge is -2.25. The van der Waals surface area contributed by atoms with Crippen molar-refractivity contribution in [2.24, 2.45) is 0 Å². The highest BCUT2D eigenvalue weighted by atomic mass is 32.1. The number of ether oxygens (including phenoxy) is 1. The Hall–Kier alpha value is -1.73. The van der Waals surface area contributed by atoms with Crippen LogP contribution in [0.2, 0.25) is 0 Å². The summed E-state index contributed by atoms with van der Waals surface area (Å²) in [6.45, 7) is 4.74. The molecule has 2 aliphatic rings. The van der Waals surface area contributed by atoms with E-state index in [1.54, 1.807) is 11.3 Å². The molecule has 2 aromatic heterocycles. The van der Waals surface area contributed by atoms with Gasteiger partial charge in [0.05, 0.1) is 23.7 Å². The van der Waals surface area contributed by atoms with E-state index >= 15 is 0 Å². The number of oxazole rings is 1. The van der Waals surface area contributed by atoms with Gasteiger partial charge in [-0.15, -0.1) is 11.3 Å². The molecule has 0 aliphatic carbocycles. The first-order chi connectivity index (χ1) is 11.7. The van der Waals surface area contributed by atoms with E-state index < -0.39 is 0 Å². The number of carbonyl (C=O) groups excluding carboxylic acids is 1. The van der Waals surface area contributed by atoms with E-state index in [-0.39, 0.29) is 5.91 Å². The molecule has 4 rings (SSSR count). The van der Waals surface area contributed by atoms with E-state index in [0.717, 1.165) is 60.5 Å². The Bertz CT molecular complexity index is 733. The minimum absolute atomic E-state index is 0.113. The SMILES string of the molecule is Cc1nc(CC(=O)N2CCc3oc(C4CCOCC4)nc3C2)cs1. The summed E-state index contributed by atoms with van der Waals surface area (Å²) in [5.41, 5.74) is 1.78. The molecule has 1 saturated heterocycles. The number of amides is 1. The summed E-state index contributed by atoms with van der Waals surface area (Å²) in [5.74, 6) is 2.24. The van der Waals surface area contributed by atoms with Gasteiger partial charge in [0, 0.05) is 37.5 Å². The van der Waals surface area contributed by atoms with E-state index in [1.807, 2.05) is 17.2 Å². The normalized spacial score (nSPS) is 18.6. The molecule has 0 saturated carbocycles. The molecule has 6 nitrogen and oxygen atoms in total. The number of rotatable bonds is 3. The molecule has 24 heavy (non-hydrogen) atoms. The molecule has 0 N–H and O–H groups in total. The average molecular weight is 347 g/mol. The molecule has 128 valence electrons. The Morgan fingerprint density at radius 1 is 1.38 bits per heavy atom. The molecule has 2 aliphatic heterocycles. The summed E-state index contributed by atoms with van der Waals surface area (Å²) in [6.07, 6.45) is 3.04. The number of hydrogen-bond acceptors (Lipinski definition) is 6. The molecule has 7 heteroatoms. The van der Waals surface area contributed by atoms with Gasteiger partial charge < -0.3 is 14.1 Å². The van der Waals surface area contributed by atoms with Crippen LogP contribution in [0.25, 0.3) is 0 Å². The zero-order chi connectivity index (χ0) is 16.5. The van der Waals surface area contributed by atoms with Crippen LogP contribution in [0.5, 0.6) is 0 Å². The number of fused-ring (bicyclic) bond motifs is 1. The Morgan fingerprint density at radius 3 is 2.96 bits per heavy atom. The van der Waals surface area contributed by atoms with Crippen LogP contribution in [0, 0.1) is 6.92 Å². The van der Waals surface area contributed by atoms with Crippen molar-refractivity contribution in [1.82, 2.24) is 14.9 Å². The number of aryl methyl sites for hydroxylation is 1. The van der Waals surface area contributed by atoms with Crippen LogP contribution in [-0.4, -0.2) is 40.5 Å². The van der Waals surface area contributed by atoms with E-state index in [0.29, 0.717) is 25.4 Å². The van der Waals surface area contributed by atoms with Crippen LogP contribution in [0.4, 0.5) is 0 Å². The summed E-state index contributed by atoms with van der Waals surface area (Å²) in [4.78, 5) is 23.4. The monoisotopic (exact) mass is 347 g/mol. The van der Waals surface area contributed by atoms with Gasteiger partial charge in [-0.25, -0.2) is 9.97 Å². The number of aromatic nitrogens is 2. The lowest BCUT2D eigenvalue weighted by Crippen LogP contribution is -2.36. The minimum atomic E-state index is 0.113. The second-order valence-corrected chi connectivity index (χ2v) is 7.47. The molecule has 2 aromatic rings. The molecule has 0 radical (unpaired) electrons. The summed E-state index contributed by atoms with van der Waals surface area (Å²) in [7, 11) is 0. The molecule has 1 fully saturated rings. The number of thiazole rings is 1. The van der Waals surface area contributed by atoms with Gasteiger partial charge in [0.1, 0.15) is 11.5 Å². The fraction of sp³-hybridized carbons (Fsp3) is 0.588. The first kappa shape index (κ1) is 15.8. The highest BCUT2D eigenvalue weighted by Crippen LogP contribution is 2.30. The van der Waals surface area contributed by atoms with Crippen LogP contribution >= 0.6 is 11.3 Å². The van der Waals surface area contributed by atoms with Crippen LogP contribution < -0.4 is 0 Å². The summed E-state index contributed by atoms with van der Waals surface area (Å²) < 4.78 is 11.4. The Balaban J connectivity index is 1.43. The predicted molar refractivity (Wildman–Crippen MR) is 89.0 cm³/mol. The molecule has 4 heterocycles. The highest BCUT2D eigenvalue weighted by molar-refractivity contribution is 7.09. The van der Waals surface area contributed by atoms with Gasteiger partial charge in [-0.2, -0.15) is 0 Å². The molecule has 1 amide bonds. The standard InChI is InChI=1S/C17H21N3O3S/c1-11-18-13(10-24-11)8-16(21)20-5-2-15-14(9-20)19-17(23-15)12-3-6-22-7-4-12/h10,12H,2-9H2,1H3. The fourth-order valence-electron chi connectivity index (χ4n) is 3.31. The van der Waals surface area contributed by atoms with Crippen molar-refractivity contribution in [3.63, 3.8) is 0 Å². The number of hydrogen-bond donors (Lipinski definition) is 0. The van der Waals surface area contributed by atoms with E-state index in [4.69, 9.17) is 9.15 Å². The van der Waals surface area contributed by atoms with Gasteiger partial charge in [-0.3, -0.25) is 4.79 Å². The third-order valence-electron chi connectivity index (χ3n) is 4.67. The van der Waals surface area contributed by atoms with E-state index in [1.165, 1.54) is 0 Å². The maximum atomic E-state index is 12.5. The number of carbonyl (C=O) groups is 1. The molecule has 0 aromatic carbocycles. The molecule has 0 bridgehead atoms. The molecule has 0 unspecified atom stereocenters. The lowest BCUT2D eigenvalue weighted by molar-refractivity contribution is -0.131. The van der Waals surface area contributed by atoms with Crippen LogP contribution in [-0.2, 0) is 28.9 Å². The zero-order valence-corrected chi connectivity index (χ0v) is 14.6. The minimum Gasteiger partial charge on any atom is -0.445 e. The largest absolute Gasteiger partial charge is 0.445 e. The van der Waals surface area contributed by atoms with Crippen molar-refractivity contribution < 1.29 is 13.9 Å².